The van der Waals surface area contributed by atoms with Crippen molar-refractivity contribution in [1.29, 1.82) is 0 Å². The number of piperidine rings is 2. The molecular formula is C46H53ClFN10O4P. The summed E-state index contributed by atoms with van der Waals surface area (Å²) in [5, 5.41) is 14.7. The van der Waals surface area contributed by atoms with Gasteiger partial charge in [0.25, 0.3) is 0 Å². The van der Waals surface area contributed by atoms with Gasteiger partial charge in [-0.1, -0.05) is 23.7 Å². The van der Waals surface area contributed by atoms with Crippen molar-refractivity contribution >= 4 is 70.4 Å². The Bertz CT molecular complexity index is 2600. The van der Waals surface area contributed by atoms with Crippen molar-refractivity contribution in [2.45, 2.75) is 56.4 Å². The van der Waals surface area contributed by atoms with Crippen LogP contribution in [0.5, 0.6) is 5.75 Å². The molecule has 1 aliphatic carbocycles. The number of nitrogens with one attached hydrogen (secondary N) is 3. The smallest absolute Gasteiger partial charge is 0.234 e. The molecule has 330 valence electrons. The summed E-state index contributed by atoms with van der Waals surface area (Å²) in [6, 6.07) is 15.8. The number of ether oxygens (including phenoxy) is 1. The standard InChI is InChI=1S/C46H53ClFN10O4P/c1-55-27-30(25-50-55)35-23-39(52-46-49-26-36(47)44(54-46)51-38-11-7-29(28-5-6-28)21-42(38)63(3,4)61)41(62-2)24-40(35)58-15-13-31(14-16-58)56-17-19-57(20-18-56)32-8-9-33(37(48)22-32)34-10-12-43(59)53-45(34)60/h7-9,11,21-28,31,34H,5-6,10,12-20H2,1-4H3,(H,53,59,60)(H2,49,51,52,54). The van der Waals surface area contributed by atoms with Crippen LogP contribution in [0.25, 0.3) is 11.1 Å². The molecule has 3 saturated heterocycles. The predicted octanol–water partition coefficient (Wildman–Crippen LogP) is 7.60. The summed E-state index contributed by atoms with van der Waals surface area (Å²) in [7, 11) is 0.926. The van der Waals surface area contributed by atoms with E-state index < -0.39 is 24.8 Å². The van der Waals surface area contributed by atoms with Gasteiger partial charge in [0.1, 0.15) is 23.7 Å². The van der Waals surface area contributed by atoms with Crippen molar-refractivity contribution in [2.75, 3.05) is 80.1 Å². The largest absolute Gasteiger partial charge is 0.494 e. The molecule has 1 saturated carbocycles. The Morgan fingerprint density at radius 3 is 2.33 bits per heavy atom. The first-order chi connectivity index (χ1) is 30.3. The van der Waals surface area contributed by atoms with Gasteiger partial charge in [0.2, 0.25) is 17.8 Å². The van der Waals surface area contributed by atoms with E-state index in [4.69, 9.17) is 21.3 Å². The monoisotopic (exact) mass is 894 g/mol. The van der Waals surface area contributed by atoms with E-state index in [1.807, 2.05) is 31.6 Å². The lowest BCUT2D eigenvalue weighted by Gasteiger charge is -2.44. The third kappa shape index (κ3) is 9.28. The number of aryl methyl sites for hydroxylation is 1. The zero-order chi connectivity index (χ0) is 44.0. The minimum absolute atomic E-state index is 0.214. The third-order valence-corrected chi connectivity index (χ3v) is 14.6. The molecule has 0 spiro atoms. The van der Waals surface area contributed by atoms with Gasteiger partial charge in [-0.3, -0.25) is 24.5 Å². The molecule has 0 bridgehead atoms. The number of aromatic nitrogens is 4. The van der Waals surface area contributed by atoms with Crippen LogP contribution in [0, 0.1) is 5.82 Å². The summed E-state index contributed by atoms with van der Waals surface area (Å²) in [4.78, 5) is 40.4. The van der Waals surface area contributed by atoms with Crippen molar-refractivity contribution < 1.29 is 23.3 Å². The number of carbonyl (C=O) groups is 2. The van der Waals surface area contributed by atoms with Crippen LogP contribution in [0.4, 0.5) is 38.9 Å². The Morgan fingerprint density at radius 1 is 0.889 bits per heavy atom. The third-order valence-electron chi connectivity index (χ3n) is 12.8. The maximum Gasteiger partial charge on any atom is 0.234 e. The first kappa shape index (κ1) is 42.8. The van der Waals surface area contributed by atoms with Crippen LogP contribution in [0.3, 0.4) is 0 Å². The lowest BCUT2D eigenvalue weighted by atomic mass is 9.90. The number of imide groups is 1. The molecule has 3 N–H and O–H groups in total. The van der Waals surface area contributed by atoms with Gasteiger partial charge in [0.05, 0.1) is 36.8 Å². The Morgan fingerprint density at radius 2 is 1.67 bits per heavy atom. The number of rotatable bonds is 12. The van der Waals surface area contributed by atoms with E-state index in [1.165, 1.54) is 11.6 Å². The van der Waals surface area contributed by atoms with Crippen LogP contribution in [-0.2, 0) is 21.2 Å². The molecule has 14 nitrogen and oxygen atoms in total. The van der Waals surface area contributed by atoms with Crippen LogP contribution >= 0.6 is 18.7 Å². The molecule has 3 aromatic carbocycles. The first-order valence-electron chi connectivity index (χ1n) is 21.7. The zero-order valence-electron chi connectivity index (χ0n) is 36.0. The van der Waals surface area contributed by atoms with E-state index in [-0.39, 0.29) is 12.3 Å². The minimum atomic E-state index is -2.63. The highest BCUT2D eigenvalue weighted by molar-refractivity contribution is 7.70. The average Bonchev–Trinajstić information content (AvgIpc) is 4.04. The maximum absolute atomic E-state index is 15.3. The number of amides is 2. The van der Waals surface area contributed by atoms with Crippen LogP contribution < -0.4 is 35.8 Å². The molecule has 63 heavy (non-hydrogen) atoms. The summed E-state index contributed by atoms with van der Waals surface area (Å²) in [5.74, 6) is 0.0690. The first-order valence-corrected chi connectivity index (χ1v) is 24.6. The Balaban J connectivity index is 0.882. The molecule has 9 rings (SSSR count). The van der Waals surface area contributed by atoms with Crippen LogP contribution in [0.1, 0.15) is 61.5 Å². The molecule has 2 amide bonds. The SMILES string of the molecule is COc1cc(N2CCC(N3CCN(c4ccc(C5CCC(=O)NC5=O)c(F)c4)CC3)CC2)c(-c2cnn(C)c2)cc1Nc1ncc(Cl)c(Nc2ccc(C3CC3)cc2P(C)(C)=O)n1. The quantitative estimate of drug-likeness (QED) is 0.0837. The number of nitrogens with zero attached hydrogens (tertiary/aromatic N) is 7. The van der Waals surface area contributed by atoms with E-state index in [9.17, 15) is 14.2 Å². The molecule has 4 fully saturated rings. The highest BCUT2D eigenvalue weighted by atomic mass is 35.5. The van der Waals surface area contributed by atoms with E-state index >= 15 is 4.39 Å². The molecule has 1 unspecified atom stereocenters. The Kier molecular flexibility index (Phi) is 11.9. The van der Waals surface area contributed by atoms with Crippen molar-refractivity contribution in [2.24, 2.45) is 7.05 Å². The van der Waals surface area contributed by atoms with Gasteiger partial charge in [-0.05, 0) is 87.2 Å². The molecule has 2 aromatic heterocycles. The van der Waals surface area contributed by atoms with Crippen LogP contribution in [0.2, 0.25) is 5.02 Å². The Labute approximate surface area is 371 Å². The normalized spacial score (nSPS) is 19.0. The fourth-order valence-electron chi connectivity index (χ4n) is 9.23. The lowest BCUT2D eigenvalue weighted by Crippen LogP contribution is -2.53. The lowest BCUT2D eigenvalue weighted by molar-refractivity contribution is -0.134. The molecule has 3 aliphatic heterocycles. The number of hydrogen-bond donors (Lipinski definition) is 3. The van der Waals surface area contributed by atoms with Crippen molar-refractivity contribution in [3.05, 3.63) is 89.1 Å². The molecule has 0 radical (unpaired) electrons. The highest BCUT2D eigenvalue weighted by Crippen LogP contribution is 2.45. The van der Waals surface area contributed by atoms with Gasteiger partial charge in [0.15, 0.2) is 5.82 Å². The maximum atomic E-state index is 15.3. The second kappa shape index (κ2) is 17.6. The highest BCUT2D eigenvalue weighted by Gasteiger charge is 2.33. The number of hydrogen-bond acceptors (Lipinski definition) is 12. The predicted molar refractivity (Wildman–Crippen MR) is 247 cm³/mol. The summed E-state index contributed by atoms with van der Waals surface area (Å²) < 4.78 is 36.5. The van der Waals surface area contributed by atoms with Gasteiger partial charge in [-0.15, -0.1) is 0 Å². The van der Waals surface area contributed by atoms with E-state index in [2.05, 4.69) is 65.0 Å². The molecule has 1 atom stereocenters. The van der Waals surface area contributed by atoms with Crippen molar-refractivity contribution in [3.8, 4) is 16.9 Å². The number of piperazine rings is 1. The molecule has 5 aromatic rings. The van der Waals surface area contributed by atoms with Crippen molar-refractivity contribution in [3.63, 3.8) is 0 Å². The summed E-state index contributed by atoms with van der Waals surface area (Å²) in [6.45, 7) is 8.54. The van der Waals surface area contributed by atoms with Crippen LogP contribution in [0.15, 0.2) is 67.1 Å². The average molecular weight is 895 g/mol. The van der Waals surface area contributed by atoms with Gasteiger partial charge in [0, 0.05) is 104 Å². The number of methoxy groups -OCH3 is 1. The van der Waals surface area contributed by atoms with Gasteiger partial charge in [-0.2, -0.15) is 10.1 Å². The number of anilines is 6. The minimum Gasteiger partial charge on any atom is -0.494 e. The topological polar surface area (TPSA) is 150 Å². The number of carbonyl (C=O) groups excluding carboxylic acids is 2. The van der Waals surface area contributed by atoms with E-state index in [1.54, 1.807) is 37.4 Å². The number of halogens is 2. The van der Waals surface area contributed by atoms with E-state index in [0.717, 1.165) is 92.8 Å². The fraction of sp³-hybridized carbons (Fsp3) is 0.413. The van der Waals surface area contributed by atoms with Crippen molar-refractivity contribution in [1.82, 2.24) is 30.0 Å². The summed E-state index contributed by atoms with van der Waals surface area (Å²) in [5.41, 5.74) is 6.74. The summed E-state index contributed by atoms with van der Waals surface area (Å²) >= 11 is 6.65. The fourth-order valence-corrected chi connectivity index (χ4v) is 10.5. The Hall–Kier alpha value is -5.50. The molecular weight excluding hydrogens is 842 g/mol. The zero-order valence-corrected chi connectivity index (χ0v) is 37.7. The van der Waals surface area contributed by atoms with Crippen LogP contribution in [-0.4, -0.2) is 102 Å². The van der Waals surface area contributed by atoms with Gasteiger partial charge >= 0.3 is 0 Å². The van der Waals surface area contributed by atoms with E-state index in [0.29, 0.717) is 57.9 Å². The second-order valence-electron chi connectivity index (χ2n) is 17.5. The molecule has 17 heteroatoms. The molecule has 4 aliphatic rings. The van der Waals surface area contributed by atoms with Gasteiger partial charge in [-0.25, -0.2) is 9.37 Å². The summed E-state index contributed by atoms with van der Waals surface area (Å²) in [6.07, 6.45) is 10.2. The second-order valence-corrected chi connectivity index (χ2v) is 21.1. The van der Waals surface area contributed by atoms with Gasteiger partial charge < -0.3 is 29.7 Å². The molecule has 5 heterocycles. The number of benzene rings is 3.